The number of aromatic nitrogens is 4. The van der Waals surface area contributed by atoms with Crippen LogP contribution in [0.5, 0.6) is 0 Å². The number of piperidine rings is 3. The minimum Gasteiger partial charge on any atom is -0.394 e. The third-order valence-electron chi connectivity index (χ3n) is 8.80. The van der Waals surface area contributed by atoms with Crippen LogP contribution in [0.2, 0.25) is 0 Å². The number of fused-ring (bicyclic) bond motifs is 4. The Morgan fingerprint density at radius 1 is 1.09 bits per heavy atom. The highest BCUT2D eigenvalue weighted by Crippen LogP contribution is 2.42. The van der Waals surface area contributed by atoms with Crippen LogP contribution in [-0.2, 0) is 11.0 Å². The number of benzene rings is 1. The first-order valence-electron chi connectivity index (χ1n) is 15.3. The molecule has 8 rings (SSSR count). The fraction of sp³-hybridized carbons (Fsp3) is 0.387. The maximum atomic E-state index is 13.7. The second-order valence-corrected chi connectivity index (χ2v) is 12.0. The van der Waals surface area contributed by atoms with Gasteiger partial charge in [-0.1, -0.05) is 17.3 Å². The summed E-state index contributed by atoms with van der Waals surface area (Å²) in [5, 5.41) is 24.1. The van der Waals surface area contributed by atoms with Crippen LogP contribution in [0.15, 0.2) is 53.2 Å². The molecule has 3 saturated heterocycles. The Morgan fingerprint density at radius 2 is 1.84 bits per heavy atom. The van der Waals surface area contributed by atoms with Gasteiger partial charge in [0.05, 0.1) is 43.4 Å². The molecule has 0 saturated carbocycles. The second kappa shape index (κ2) is 10.4. The molecule has 3 fully saturated rings. The Bertz CT molecular complexity index is 1750. The Labute approximate surface area is 250 Å². The zero-order valence-corrected chi connectivity index (χ0v) is 23.8. The van der Waals surface area contributed by atoms with Crippen molar-refractivity contribution >= 4 is 23.2 Å². The number of rotatable bonds is 8. The molecule has 0 aliphatic carbocycles. The van der Waals surface area contributed by atoms with E-state index in [1.54, 1.807) is 18.2 Å². The van der Waals surface area contributed by atoms with E-state index in [1.165, 1.54) is 30.5 Å². The van der Waals surface area contributed by atoms with Gasteiger partial charge in [0.1, 0.15) is 17.5 Å². The summed E-state index contributed by atoms with van der Waals surface area (Å²) in [6.45, 7) is 3.96. The summed E-state index contributed by atoms with van der Waals surface area (Å²) in [7, 11) is 0. The average Bonchev–Trinajstić information content (AvgIpc) is 3.60. The quantitative estimate of drug-likeness (QED) is 0.237. The smallest absolute Gasteiger partial charge is 0.261 e. The number of nitrogens with zero attached hydrogens (tertiary/aromatic N) is 5. The molecule has 12 heteroatoms. The number of anilines is 3. The van der Waals surface area contributed by atoms with E-state index in [1.807, 2.05) is 13.8 Å². The number of carbonyl (C=O) groups excluding carboxylic acids is 1. The summed E-state index contributed by atoms with van der Waals surface area (Å²) >= 11 is 0. The van der Waals surface area contributed by atoms with Crippen molar-refractivity contribution in [1.29, 1.82) is 0 Å². The molecule has 1 aromatic carbocycles. The van der Waals surface area contributed by atoms with E-state index in [4.69, 9.17) is 12.2 Å². The van der Waals surface area contributed by atoms with Crippen LogP contribution in [0.25, 0.3) is 11.5 Å². The minimum absolute atomic E-state index is 0.151. The maximum absolute atomic E-state index is 13.7. The molecule has 222 valence electrons. The van der Waals surface area contributed by atoms with Crippen molar-refractivity contribution in [2.75, 3.05) is 36.8 Å². The van der Waals surface area contributed by atoms with Gasteiger partial charge in [-0.25, -0.2) is 14.4 Å². The van der Waals surface area contributed by atoms with Crippen molar-refractivity contribution in [3.63, 3.8) is 0 Å². The van der Waals surface area contributed by atoms with Gasteiger partial charge in [-0.15, -0.1) is 0 Å². The van der Waals surface area contributed by atoms with Gasteiger partial charge < -0.3 is 30.5 Å². The van der Waals surface area contributed by atoms with Gasteiger partial charge in [0.2, 0.25) is 0 Å². The van der Waals surface area contributed by atoms with Gasteiger partial charge in [0.15, 0.2) is 5.82 Å². The lowest BCUT2D eigenvalue weighted by Crippen LogP contribution is -2.51. The van der Waals surface area contributed by atoms with Gasteiger partial charge in [-0.3, -0.25) is 4.79 Å². The molecule has 4 aliphatic heterocycles. The van der Waals surface area contributed by atoms with E-state index in [-0.39, 0.29) is 17.2 Å². The monoisotopic (exact) mass is 586 g/mol. The number of carbonyl (C=O) groups is 1. The largest absolute Gasteiger partial charge is 0.394 e. The van der Waals surface area contributed by atoms with E-state index >= 15 is 0 Å². The van der Waals surface area contributed by atoms with Crippen LogP contribution in [0.1, 0.15) is 69.3 Å². The normalized spacial score (nSPS) is 23.6. The zero-order chi connectivity index (χ0) is 31.6. The van der Waals surface area contributed by atoms with Crippen LogP contribution < -0.4 is 16.0 Å². The Morgan fingerprint density at radius 3 is 2.56 bits per heavy atom. The summed E-state index contributed by atoms with van der Waals surface area (Å²) in [5.41, 5.74) is 1.36. The zero-order valence-electron chi connectivity index (χ0n) is 25.8. The van der Waals surface area contributed by atoms with E-state index in [9.17, 15) is 14.3 Å². The molecule has 43 heavy (non-hydrogen) atoms. The van der Waals surface area contributed by atoms with Gasteiger partial charge in [0, 0.05) is 17.7 Å². The lowest BCUT2D eigenvalue weighted by molar-refractivity contribution is 0.0747. The number of pyridine rings is 2. The average molecular weight is 587 g/mol. The Kier molecular flexibility index (Phi) is 6.07. The predicted molar refractivity (Wildman–Crippen MR) is 157 cm³/mol. The third kappa shape index (κ3) is 5.00. The Hall–Kier alpha value is -4.42. The number of hydrogen-bond acceptors (Lipinski definition) is 10. The summed E-state index contributed by atoms with van der Waals surface area (Å²) in [4.78, 5) is 28.8. The fourth-order valence-electron chi connectivity index (χ4n) is 6.25. The van der Waals surface area contributed by atoms with Crippen molar-refractivity contribution in [2.45, 2.75) is 50.1 Å². The highest BCUT2D eigenvalue weighted by Gasteiger charge is 2.44. The molecular formula is C31H33FN8O3. The molecule has 11 nitrogen and oxygen atoms in total. The second-order valence-electron chi connectivity index (χ2n) is 12.0. The van der Waals surface area contributed by atoms with E-state index in [0.29, 0.717) is 45.5 Å². The highest BCUT2D eigenvalue weighted by atomic mass is 19.1. The number of hydrogen-bond donors (Lipinski definition) is 4. The van der Waals surface area contributed by atoms with E-state index in [0.717, 1.165) is 38.9 Å². The van der Waals surface area contributed by atoms with Crippen molar-refractivity contribution in [2.24, 2.45) is 0 Å². The minimum atomic E-state index is -2.74. The van der Waals surface area contributed by atoms with Crippen molar-refractivity contribution in [3.8, 4) is 11.5 Å². The number of halogens is 1. The van der Waals surface area contributed by atoms with Crippen LogP contribution in [-0.4, -0.2) is 62.2 Å². The third-order valence-corrected chi connectivity index (χ3v) is 8.80. The molecule has 4 aliphatic rings. The van der Waals surface area contributed by atoms with Gasteiger partial charge in [-0.05, 0) is 82.6 Å². The summed E-state index contributed by atoms with van der Waals surface area (Å²) < 4.78 is 35.9. The van der Waals surface area contributed by atoms with Crippen molar-refractivity contribution in [3.05, 3.63) is 77.1 Å². The van der Waals surface area contributed by atoms with Gasteiger partial charge >= 0.3 is 0 Å². The molecular weight excluding hydrogens is 551 g/mol. The summed E-state index contributed by atoms with van der Waals surface area (Å²) in [6.07, 6.45) is 4.36. The predicted octanol–water partition coefficient (Wildman–Crippen LogP) is 4.27. The standard InChI is InChI=1S/C31H33FN8O3/c1-30(2)26-20(27(42)38-30)7-8-24(36-26)35-25-15-22(34-23(17-41)18-3-5-19(32)6-4-18)21(16-33-25)28-37-29(39-43-28)31-9-12-40(13-10-31)14-11-31/h3-8,15-16,23,41H,9-14,17H2,1-2H3,(H,38,42)(H2,33,34,35,36)/t23-/m1/s1/i17D2. The fourth-order valence-corrected chi connectivity index (χ4v) is 6.25. The lowest BCUT2D eigenvalue weighted by Gasteiger charge is -2.46. The first kappa shape index (κ1) is 25.1. The molecule has 3 aromatic heterocycles. The molecule has 4 N–H and O–H groups in total. The van der Waals surface area contributed by atoms with E-state index in [2.05, 4.69) is 36.0 Å². The van der Waals surface area contributed by atoms with Crippen molar-refractivity contribution in [1.82, 2.24) is 30.3 Å². The highest BCUT2D eigenvalue weighted by molar-refractivity contribution is 5.99. The molecule has 1 amide bonds. The SMILES string of the molecule is [2H]C([2H])(O)[C@@H](Nc1cc(Nc2ccc3c(n2)C(C)(C)NC3=O)ncc1-c1nc(C23CCN(CC2)CC3)no1)c1ccc(F)cc1. The maximum Gasteiger partial charge on any atom is 0.261 e. The molecule has 4 aromatic rings. The van der Waals surface area contributed by atoms with Crippen LogP contribution in [0.4, 0.5) is 21.7 Å². The van der Waals surface area contributed by atoms with Crippen LogP contribution in [0.3, 0.4) is 0 Å². The topological polar surface area (TPSA) is 141 Å². The van der Waals surface area contributed by atoms with Crippen LogP contribution in [0, 0.1) is 5.82 Å². The summed E-state index contributed by atoms with van der Waals surface area (Å²) in [6, 6.07) is 8.93. The molecule has 0 unspecified atom stereocenters. The van der Waals surface area contributed by atoms with Crippen molar-refractivity contribution < 1.29 is 21.6 Å². The number of aliphatic hydroxyl groups is 1. The number of nitrogens with one attached hydrogen (secondary N) is 3. The van der Waals surface area contributed by atoms with E-state index < -0.39 is 24.0 Å². The Balaban J connectivity index is 1.27. The lowest BCUT2D eigenvalue weighted by atomic mass is 9.71. The summed E-state index contributed by atoms with van der Waals surface area (Å²) in [5.74, 6) is 0.960. The first-order chi connectivity index (χ1) is 21.4. The van der Waals surface area contributed by atoms with Crippen LogP contribution >= 0.6 is 0 Å². The first-order valence-corrected chi connectivity index (χ1v) is 14.3. The molecule has 0 spiro atoms. The molecule has 1 atom stereocenters. The molecule has 0 radical (unpaired) electrons. The van der Waals surface area contributed by atoms with Gasteiger partial charge in [-0.2, -0.15) is 4.98 Å². The molecule has 7 heterocycles. The number of amides is 1. The van der Waals surface area contributed by atoms with Gasteiger partial charge in [0.25, 0.3) is 11.8 Å². The molecule has 2 bridgehead atoms.